The minimum atomic E-state index is -1.01. The molecule has 3 nitrogen and oxygen atoms in total. The third kappa shape index (κ3) is 17.7. The maximum absolute atomic E-state index is 11.9. The summed E-state index contributed by atoms with van der Waals surface area (Å²) in [7, 11) is -2.01. The first-order chi connectivity index (χ1) is 16.4. The molecule has 1 N–H and O–H groups in total. The largest absolute Gasteiger partial charge is 0.465 e. The SMILES string of the molecule is CCCCCCCC[SiH](CCl)C(C)CCN(CCC(C)[SiH](CCl)CCCCCCCC)C(=O)O. The lowest BCUT2D eigenvalue weighted by Gasteiger charge is -2.27. The van der Waals surface area contributed by atoms with Gasteiger partial charge in [-0.2, -0.15) is 0 Å². The van der Waals surface area contributed by atoms with Crippen LogP contribution in [0.4, 0.5) is 4.79 Å². The number of amides is 1. The van der Waals surface area contributed by atoms with Crippen molar-refractivity contribution in [2.24, 2.45) is 0 Å². The zero-order chi connectivity index (χ0) is 25.6. The molecule has 0 spiro atoms. The van der Waals surface area contributed by atoms with Crippen LogP contribution in [-0.4, -0.2) is 57.8 Å². The Labute approximate surface area is 226 Å². The molecule has 0 saturated heterocycles. The summed E-state index contributed by atoms with van der Waals surface area (Å²) in [4.78, 5) is 13.6. The number of halogens is 2. The summed E-state index contributed by atoms with van der Waals surface area (Å²) in [6, 6.07) is 2.62. The molecule has 0 heterocycles. The van der Waals surface area contributed by atoms with Gasteiger partial charge in [0, 0.05) is 24.1 Å². The van der Waals surface area contributed by atoms with E-state index in [0.29, 0.717) is 24.2 Å². The molecule has 0 bridgehead atoms. The van der Waals surface area contributed by atoms with E-state index in [1.165, 1.54) is 89.1 Å². The molecule has 0 aromatic carbocycles. The number of rotatable bonds is 24. The second-order valence-corrected chi connectivity index (χ2v) is 19.7. The van der Waals surface area contributed by atoms with E-state index >= 15 is 0 Å². The van der Waals surface area contributed by atoms with E-state index in [-0.39, 0.29) is 0 Å². The van der Waals surface area contributed by atoms with E-state index in [1.54, 1.807) is 4.90 Å². The first kappa shape index (κ1) is 34.3. The molecular weight excluding hydrogens is 497 g/mol. The van der Waals surface area contributed by atoms with Gasteiger partial charge in [0.05, 0.1) is 17.6 Å². The highest BCUT2D eigenvalue weighted by molar-refractivity contribution is 6.68. The summed E-state index contributed by atoms with van der Waals surface area (Å²) < 4.78 is 0. The number of alkyl halides is 2. The predicted octanol–water partition coefficient (Wildman–Crippen LogP) is 9.26. The second kappa shape index (κ2) is 23.7. The molecule has 0 rings (SSSR count). The fourth-order valence-electron chi connectivity index (χ4n) is 4.89. The zero-order valence-corrected chi connectivity index (χ0v) is 26.8. The van der Waals surface area contributed by atoms with Crippen molar-refractivity contribution >= 4 is 46.9 Å². The minimum absolute atomic E-state index is 0.602. The molecule has 0 fully saturated rings. The molecular formula is C27H57Cl2NO2Si2. The molecule has 4 atom stereocenters. The first-order valence-electron chi connectivity index (χ1n) is 14.5. The van der Waals surface area contributed by atoms with Gasteiger partial charge in [-0.1, -0.05) is 117 Å². The second-order valence-electron chi connectivity index (χ2n) is 10.7. The average molecular weight is 555 g/mol. The van der Waals surface area contributed by atoms with Crippen LogP contribution in [0.1, 0.15) is 118 Å². The quantitative estimate of drug-likeness (QED) is 0.0734. The lowest BCUT2D eigenvalue weighted by Crippen LogP contribution is -2.35. The van der Waals surface area contributed by atoms with Crippen LogP contribution in [0.3, 0.4) is 0 Å². The topological polar surface area (TPSA) is 40.5 Å². The monoisotopic (exact) mass is 553 g/mol. The Hall–Kier alpha value is 0.284. The summed E-state index contributed by atoms with van der Waals surface area (Å²) in [5, 5.41) is 9.78. The molecule has 0 aliphatic carbocycles. The summed E-state index contributed by atoms with van der Waals surface area (Å²) >= 11 is 12.7. The van der Waals surface area contributed by atoms with Crippen molar-refractivity contribution in [3.8, 4) is 0 Å². The van der Waals surface area contributed by atoms with Gasteiger partial charge in [0.25, 0.3) is 0 Å². The van der Waals surface area contributed by atoms with Crippen molar-refractivity contribution in [1.82, 2.24) is 4.90 Å². The number of carboxylic acid groups (broad SMARTS) is 1. The van der Waals surface area contributed by atoms with Gasteiger partial charge >= 0.3 is 6.09 Å². The van der Waals surface area contributed by atoms with Crippen LogP contribution in [0.2, 0.25) is 23.2 Å². The summed E-state index contributed by atoms with van der Waals surface area (Å²) in [5.41, 5.74) is 2.85. The van der Waals surface area contributed by atoms with Crippen LogP contribution in [0.5, 0.6) is 0 Å². The fraction of sp³-hybridized carbons (Fsp3) is 0.963. The molecule has 4 unspecified atom stereocenters. The Morgan fingerprint density at radius 3 is 1.38 bits per heavy atom. The van der Waals surface area contributed by atoms with Crippen molar-refractivity contribution in [1.29, 1.82) is 0 Å². The van der Waals surface area contributed by atoms with Crippen molar-refractivity contribution in [3.63, 3.8) is 0 Å². The van der Waals surface area contributed by atoms with E-state index in [4.69, 9.17) is 23.2 Å². The summed E-state index contributed by atoms with van der Waals surface area (Å²) in [6.45, 7) is 10.5. The predicted molar refractivity (Wildman–Crippen MR) is 160 cm³/mol. The van der Waals surface area contributed by atoms with Gasteiger partial charge in [0.15, 0.2) is 0 Å². The normalized spacial score (nSPS) is 15.1. The maximum atomic E-state index is 11.9. The Morgan fingerprint density at radius 1 is 0.706 bits per heavy atom. The smallest absolute Gasteiger partial charge is 0.407 e. The van der Waals surface area contributed by atoms with Crippen LogP contribution in [0.25, 0.3) is 0 Å². The Morgan fingerprint density at radius 2 is 1.06 bits per heavy atom. The van der Waals surface area contributed by atoms with Crippen LogP contribution >= 0.6 is 23.2 Å². The van der Waals surface area contributed by atoms with Gasteiger partial charge in [-0.3, -0.25) is 0 Å². The zero-order valence-electron chi connectivity index (χ0n) is 23.0. The maximum Gasteiger partial charge on any atom is 0.407 e. The third-order valence-corrected chi connectivity index (χ3v) is 17.2. The number of hydrogen-bond acceptors (Lipinski definition) is 1. The molecule has 0 saturated carbocycles. The van der Waals surface area contributed by atoms with Crippen molar-refractivity contribution < 1.29 is 9.90 Å². The van der Waals surface area contributed by atoms with E-state index in [9.17, 15) is 9.90 Å². The van der Waals surface area contributed by atoms with Crippen molar-refractivity contribution in [2.75, 3.05) is 24.1 Å². The van der Waals surface area contributed by atoms with Crippen LogP contribution in [0, 0.1) is 0 Å². The standard InChI is InChI=1S/C27H57Cl2NO2Si2/c1-5-7-9-11-13-15-21-33(23-28)25(3)17-19-30(27(31)32)20-18-26(4)34(24-29)22-16-14-12-10-8-6-2/h25-26,33-34H,5-24H2,1-4H3,(H,31,32). The van der Waals surface area contributed by atoms with E-state index in [1.807, 2.05) is 0 Å². The minimum Gasteiger partial charge on any atom is -0.465 e. The first-order valence-corrected chi connectivity index (χ1v) is 20.2. The van der Waals surface area contributed by atoms with Crippen molar-refractivity contribution in [2.45, 2.75) is 141 Å². The van der Waals surface area contributed by atoms with E-state index in [2.05, 4.69) is 27.7 Å². The Kier molecular flexibility index (Phi) is 23.9. The Balaban J connectivity index is 4.34. The van der Waals surface area contributed by atoms with Crippen LogP contribution in [0.15, 0.2) is 0 Å². The fourth-order valence-corrected chi connectivity index (χ4v) is 12.6. The third-order valence-electron chi connectivity index (χ3n) is 7.84. The molecule has 0 aliphatic heterocycles. The molecule has 0 aromatic rings. The van der Waals surface area contributed by atoms with Gasteiger partial charge in [-0.25, -0.2) is 4.79 Å². The number of hydrogen-bond donors (Lipinski definition) is 1. The van der Waals surface area contributed by atoms with Gasteiger partial charge < -0.3 is 10.0 Å². The molecule has 7 heteroatoms. The van der Waals surface area contributed by atoms with E-state index < -0.39 is 23.7 Å². The molecule has 0 aliphatic rings. The average Bonchev–Trinajstić information content (AvgIpc) is 2.82. The van der Waals surface area contributed by atoms with Crippen molar-refractivity contribution in [3.05, 3.63) is 0 Å². The summed E-state index contributed by atoms with van der Waals surface area (Å²) in [6.07, 6.45) is 17.1. The number of unbranched alkanes of at least 4 members (excludes halogenated alkanes) is 10. The molecule has 0 radical (unpaired) electrons. The van der Waals surface area contributed by atoms with Gasteiger partial charge in [-0.05, 0) is 23.9 Å². The molecule has 204 valence electrons. The van der Waals surface area contributed by atoms with Gasteiger partial charge in [-0.15, -0.1) is 23.2 Å². The van der Waals surface area contributed by atoms with Gasteiger partial charge in [0.2, 0.25) is 0 Å². The summed E-state index contributed by atoms with van der Waals surface area (Å²) in [5.74, 6) is 0. The van der Waals surface area contributed by atoms with Crippen LogP contribution in [-0.2, 0) is 0 Å². The molecule has 34 heavy (non-hydrogen) atoms. The molecule has 0 aromatic heterocycles. The lowest BCUT2D eigenvalue weighted by molar-refractivity contribution is 0.143. The molecule has 1 amide bonds. The van der Waals surface area contributed by atoms with Crippen LogP contribution < -0.4 is 0 Å². The van der Waals surface area contributed by atoms with E-state index in [0.717, 1.165) is 23.8 Å². The highest BCUT2D eigenvalue weighted by Gasteiger charge is 2.23. The number of carbonyl (C=O) groups is 1. The highest BCUT2D eigenvalue weighted by Crippen LogP contribution is 2.24. The highest BCUT2D eigenvalue weighted by atomic mass is 35.5. The lowest BCUT2D eigenvalue weighted by atomic mass is 10.1. The Bertz CT molecular complexity index is 440. The number of nitrogens with zero attached hydrogens (tertiary/aromatic N) is 1. The van der Waals surface area contributed by atoms with Gasteiger partial charge in [0.1, 0.15) is 0 Å².